The van der Waals surface area contributed by atoms with Crippen LogP contribution < -0.4 is 0 Å². The highest BCUT2D eigenvalue weighted by molar-refractivity contribution is 5.94. The van der Waals surface area contributed by atoms with Crippen LogP contribution in [-0.2, 0) is 11.2 Å². The molecule has 1 heterocycles. The number of nitrogens with zero attached hydrogens (tertiary/aromatic N) is 1. The lowest BCUT2D eigenvalue weighted by atomic mass is 9.99. The third-order valence-electron chi connectivity index (χ3n) is 4.01. The minimum Gasteiger partial charge on any atom is -0.379 e. The van der Waals surface area contributed by atoms with E-state index in [0.29, 0.717) is 25.7 Å². The third kappa shape index (κ3) is 3.74. The van der Waals surface area contributed by atoms with Crippen LogP contribution in [0.15, 0.2) is 60.7 Å². The summed E-state index contributed by atoms with van der Waals surface area (Å²) >= 11 is 0. The Labute approximate surface area is 131 Å². The molecule has 1 aliphatic heterocycles. The van der Waals surface area contributed by atoms with Gasteiger partial charge in [0.25, 0.3) is 5.91 Å². The second kappa shape index (κ2) is 7.23. The molecule has 2 aromatic carbocycles. The molecule has 1 fully saturated rings. The van der Waals surface area contributed by atoms with E-state index in [1.807, 2.05) is 41.3 Å². The van der Waals surface area contributed by atoms with Crippen molar-refractivity contribution in [2.75, 3.05) is 26.3 Å². The molecule has 1 aliphatic rings. The average Bonchev–Trinajstić information content (AvgIpc) is 2.81. The van der Waals surface area contributed by atoms with Gasteiger partial charge < -0.3 is 9.64 Å². The van der Waals surface area contributed by atoms with Gasteiger partial charge in [-0.25, -0.2) is 0 Å². The molecule has 22 heavy (non-hydrogen) atoms. The predicted molar refractivity (Wildman–Crippen MR) is 86.8 cm³/mol. The highest BCUT2D eigenvalue weighted by Gasteiger charge is 2.23. The fourth-order valence-corrected chi connectivity index (χ4v) is 2.90. The van der Waals surface area contributed by atoms with Gasteiger partial charge in [-0.3, -0.25) is 4.79 Å². The summed E-state index contributed by atoms with van der Waals surface area (Å²) in [4.78, 5) is 14.5. The molecule has 0 aliphatic carbocycles. The summed E-state index contributed by atoms with van der Waals surface area (Å²) in [5, 5.41) is 0. The minimum atomic E-state index is 0.101. The van der Waals surface area contributed by atoms with Gasteiger partial charge in [-0.2, -0.15) is 0 Å². The molecule has 1 atom stereocenters. The van der Waals surface area contributed by atoms with Gasteiger partial charge in [0.05, 0.1) is 13.2 Å². The molecule has 0 radical (unpaired) electrons. The predicted octanol–water partition coefficient (Wildman–Crippen LogP) is 3.02. The lowest BCUT2D eigenvalue weighted by Crippen LogP contribution is -2.36. The number of ether oxygens (including phenoxy) is 1. The monoisotopic (exact) mass is 295 g/mol. The van der Waals surface area contributed by atoms with E-state index in [1.165, 1.54) is 5.56 Å². The van der Waals surface area contributed by atoms with Gasteiger partial charge in [-0.15, -0.1) is 0 Å². The molecule has 3 nitrogen and oxygen atoms in total. The molecular weight excluding hydrogens is 274 g/mol. The van der Waals surface area contributed by atoms with Crippen molar-refractivity contribution in [3.63, 3.8) is 0 Å². The van der Waals surface area contributed by atoms with Crippen molar-refractivity contribution in [3.8, 4) is 0 Å². The molecule has 0 saturated carbocycles. The maximum atomic E-state index is 12.6. The van der Waals surface area contributed by atoms with Crippen LogP contribution >= 0.6 is 0 Å². The van der Waals surface area contributed by atoms with Crippen LogP contribution in [-0.4, -0.2) is 37.1 Å². The average molecular weight is 295 g/mol. The zero-order chi connectivity index (χ0) is 15.2. The maximum Gasteiger partial charge on any atom is 0.253 e. The van der Waals surface area contributed by atoms with E-state index >= 15 is 0 Å². The molecule has 2 aromatic rings. The summed E-state index contributed by atoms with van der Waals surface area (Å²) in [5.74, 6) is 0.446. The second-order valence-electron chi connectivity index (χ2n) is 5.75. The van der Waals surface area contributed by atoms with Crippen molar-refractivity contribution < 1.29 is 9.53 Å². The van der Waals surface area contributed by atoms with Gasteiger partial charge >= 0.3 is 0 Å². The van der Waals surface area contributed by atoms with Crippen molar-refractivity contribution in [1.29, 1.82) is 0 Å². The standard InChI is InChI=1S/C19H21NO2/c21-19(18-9-5-2-6-10-18)20-11-12-22-15-17(14-20)13-16-7-3-1-4-8-16/h1-10,17H,11-15H2/t17-/m0/s1. The first-order valence-electron chi connectivity index (χ1n) is 7.79. The van der Waals surface area contributed by atoms with E-state index in [2.05, 4.69) is 24.3 Å². The number of amides is 1. The molecule has 0 bridgehead atoms. The molecule has 0 unspecified atom stereocenters. The topological polar surface area (TPSA) is 29.5 Å². The van der Waals surface area contributed by atoms with Crippen LogP contribution in [0.5, 0.6) is 0 Å². The molecule has 1 amide bonds. The normalized spacial score (nSPS) is 18.7. The first-order valence-corrected chi connectivity index (χ1v) is 7.79. The van der Waals surface area contributed by atoms with Gasteiger partial charge in [-0.05, 0) is 24.1 Å². The highest BCUT2D eigenvalue weighted by Crippen LogP contribution is 2.16. The number of hydrogen-bond donors (Lipinski definition) is 0. The molecule has 0 N–H and O–H groups in total. The Morgan fingerprint density at radius 1 is 1.05 bits per heavy atom. The van der Waals surface area contributed by atoms with Crippen LogP contribution in [0.25, 0.3) is 0 Å². The number of carbonyl (C=O) groups is 1. The van der Waals surface area contributed by atoms with Crippen molar-refractivity contribution in [2.45, 2.75) is 6.42 Å². The molecule has 1 saturated heterocycles. The zero-order valence-corrected chi connectivity index (χ0v) is 12.7. The summed E-state index contributed by atoms with van der Waals surface area (Å²) < 4.78 is 5.70. The summed E-state index contributed by atoms with van der Waals surface area (Å²) in [6.07, 6.45) is 0.944. The fraction of sp³-hybridized carbons (Fsp3) is 0.316. The van der Waals surface area contributed by atoms with Crippen molar-refractivity contribution in [3.05, 3.63) is 71.8 Å². The molecule has 114 valence electrons. The second-order valence-corrected chi connectivity index (χ2v) is 5.75. The maximum absolute atomic E-state index is 12.6. The Morgan fingerprint density at radius 2 is 1.73 bits per heavy atom. The van der Waals surface area contributed by atoms with Gasteiger partial charge in [-0.1, -0.05) is 48.5 Å². The number of hydrogen-bond acceptors (Lipinski definition) is 2. The largest absolute Gasteiger partial charge is 0.379 e. The van der Waals surface area contributed by atoms with E-state index in [4.69, 9.17) is 4.74 Å². The number of benzene rings is 2. The molecule has 3 rings (SSSR count). The van der Waals surface area contributed by atoms with Gasteiger partial charge in [0.1, 0.15) is 0 Å². The summed E-state index contributed by atoms with van der Waals surface area (Å²) in [6.45, 7) is 2.75. The quantitative estimate of drug-likeness (QED) is 0.871. The van der Waals surface area contributed by atoms with E-state index in [-0.39, 0.29) is 5.91 Å². The first-order chi connectivity index (χ1) is 10.8. The lowest BCUT2D eigenvalue weighted by molar-refractivity contribution is 0.0737. The summed E-state index contributed by atoms with van der Waals surface area (Å²) in [6, 6.07) is 19.9. The van der Waals surface area contributed by atoms with Crippen LogP contribution in [0.2, 0.25) is 0 Å². The Balaban J connectivity index is 1.69. The van der Waals surface area contributed by atoms with Crippen LogP contribution in [0.1, 0.15) is 15.9 Å². The fourth-order valence-electron chi connectivity index (χ4n) is 2.90. The summed E-state index contributed by atoms with van der Waals surface area (Å²) in [5.41, 5.74) is 2.05. The molecule has 0 spiro atoms. The van der Waals surface area contributed by atoms with E-state index in [1.54, 1.807) is 0 Å². The van der Waals surface area contributed by atoms with E-state index < -0.39 is 0 Å². The zero-order valence-electron chi connectivity index (χ0n) is 12.7. The van der Waals surface area contributed by atoms with Crippen LogP contribution in [0.4, 0.5) is 0 Å². The summed E-state index contributed by atoms with van der Waals surface area (Å²) in [7, 11) is 0. The van der Waals surface area contributed by atoms with Crippen molar-refractivity contribution in [1.82, 2.24) is 4.90 Å². The first kappa shape index (κ1) is 14.8. The molecular formula is C19H21NO2. The highest BCUT2D eigenvalue weighted by atomic mass is 16.5. The van der Waals surface area contributed by atoms with E-state index in [9.17, 15) is 4.79 Å². The number of carbonyl (C=O) groups excluding carboxylic acids is 1. The van der Waals surface area contributed by atoms with Crippen LogP contribution in [0, 0.1) is 5.92 Å². The smallest absolute Gasteiger partial charge is 0.253 e. The van der Waals surface area contributed by atoms with Crippen molar-refractivity contribution in [2.24, 2.45) is 5.92 Å². The van der Waals surface area contributed by atoms with Gasteiger partial charge in [0.2, 0.25) is 0 Å². The van der Waals surface area contributed by atoms with E-state index in [0.717, 1.165) is 18.5 Å². The molecule has 0 aromatic heterocycles. The van der Waals surface area contributed by atoms with Gasteiger partial charge in [0.15, 0.2) is 0 Å². The third-order valence-corrected chi connectivity index (χ3v) is 4.01. The number of rotatable bonds is 3. The molecule has 3 heteroatoms. The van der Waals surface area contributed by atoms with Crippen LogP contribution in [0.3, 0.4) is 0 Å². The van der Waals surface area contributed by atoms with Crippen molar-refractivity contribution >= 4 is 5.91 Å². The Morgan fingerprint density at radius 3 is 2.45 bits per heavy atom. The SMILES string of the molecule is O=C(c1ccccc1)N1CCOC[C@@H](Cc2ccccc2)C1. The Bertz CT molecular complexity index is 597. The Kier molecular flexibility index (Phi) is 4.86. The van der Waals surface area contributed by atoms with Gasteiger partial charge in [0, 0.05) is 24.6 Å². The lowest BCUT2D eigenvalue weighted by Gasteiger charge is -2.23. The minimum absolute atomic E-state index is 0.101. The Hall–Kier alpha value is -2.13.